The highest BCUT2D eigenvalue weighted by atomic mass is 15.3. The van der Waals surface area contributed by atoms with Crippen LogP contribution in [0.3, 0.4) is 0 Å². The molecular weight excluding hydrogens is 248 g/mol. The first-order chi connectivity index (χ1) is 9.50. The number of nitrogens with zero attached hydrogens (tertiary/aromatic N) is 2. The van der Waals surface area contributed by atoms with Gasteiger partial charge in [0.05, 0.1) is 5.69 Å². The Morgan fingerprint density at radius 1 is 1.05 bits per heavy atom. The molecule has 0 aromatic carbocycles. The molecule has 2 rings (SSSR count). The van der Waals surface area contributed by atoms with Gasteiger partial charge in [-0.2, -0.15) is 0 Å². The maximum atomic E-state index is 5.58. The van der Waals surface area contributed by atoms with Crippen LogP contribution in [0, 0.1) is 0 Å². The van der Waals surface area contributed by atoms with E-state index in [9.17, 15) is 0 Å². The molecule has 4 heteroatoms. The summed E-state index contributed by atoms with van der Waals surface area (Å²) in [6.45, 7) is 6.53. The van der Waals surface area contributed by atoms with Crippen molar-refractivity contribution in [1.29, 1.82) is 0 Å². The molecule has 1 saturated carbocycles. The third-order valence-electron chi connectivity index (χ3n) is 4.13. The molecule has 112 valence electrons. The number of anilines is 1. The molecule has 0 saturated heterocycles. The molecule has 1 aliphatic rings. The fourth-order valence-electron chi connectivity index (χ4n) is 2.82. The summed E-state index contributed by atoms with van der Waals surface area (Å²) in [6.07, 6.45) is 9.06. The first-order valence-corrected chi connectivity index (χ1v) is 7.87. The Kier molecular flexibility index (Phi) is 4.97. The fraction of sp³-hybridized carbons (Fsp3) is 0.750. The summed E-state index contributed by atoms with van der Waals surface area (Å²) in [5, 5.41) is 0. The number of nitrogens with one attached hydrogen (secondary N) is 1. The van der Waals surface area contributed by atoms with Crippen LogP contribution in [0.5, 0.6) is 0 Å². The number of hydrogen-bond acceptors (Lipinski definition) is 4. The van der Waals surface area contributed by atoms with Crippen LogP contribution < -0.4 is 11.3 Å². The summed E-state index contributed by atoms with van der Waals surface area (Å²) < 4.78 is 0. The van der Waals surface area contributed by atoms with Crippen molar-refractivity contribution in [2.45, 2.75) is 77.0 Å². The lowest BCUT2D eigenvalue weighted by Crippen LogP contribution is -2.20. The van der Waals surface area contributed by atoms with Crippen LogP contribution in [0.25, 0.3) is 0 Å². The van der Waals surface area contributed by atoms with E-state index in [1.165, 1.54) is 44.9 Å². The molecule has 1 heterocycles. The van der Waals surface area contributed by atoms with Crippen molar-refractivity contribution in [2.75, 3.05) is 5.43 Å². The zero-order valence-corrected chi connectivity index (χ0v) is 13.1. The van der Waals surface area contributed by atoms with Gasteiger partial charge in [0.25, 0.3) is 0 Å². The summed E-state index contributed by atoms with van der Waals surface area (Å²) in [5.74, 6) is 7.78. The van der Waals surface area contributed by atoms with E-state index >= 15 is 0 Å². The Bertz CT molecular complexity index is 429. The Morgan fingerprint density at radius 3 is 2.20 bits per heavy atom. The molecule has 0 radical (unpaired) electrons. The van der Waals surface area contributed by atoms with Gasteiger partial charge in [-0.3, -0.25) is 0 Å². The van der Waals surface area contributed by atoms with Crippen molar-refractivity contribution in [2.24, 2.45) is 5.84 Å². The second kappa shape index (κ2) is 6.53. The zero-order chi connectivity index (χ0) is 14.6. The molecule has 20 heavy (non-hydrogen) atoms. The highest BCUT2D eigenvalue weighted by molar-refractivity contribution is 5.37. The minimum Gasteiger partial charge on any atom is -0.308 e. The number of hydrazine groups is 1. The van der Waals surface area contributed by atoms with Gasteiger partial charge in [0.15, 0.2) is 0 Å². The lowest BCUT2D eigenvalue weighted by atomic mass is 9.89. The normalized spacial score (nSPS) is 18.4. The first-order valence-electron chi connectivity index (χ1n) is 7.87. The van der Waals surface area contributed by atoms with Gasteiger partial charge in [-0.1, -0.05) is 52.9 Å². The number of rotatable bonds is 2. The molecule has 1 aromatic heterocycles. The summed E-state index contributed by atoms with van der Waals surface area (Å²) in [7, 11) is 0. The van der Waals surface area contributed by atoms with Crippen molar-refractivity contribution in [3.8, 4) is 0 Å². The lowest BCUT2D eigenvalue weighted by Gasteiger charge is -2.23. The van der Waals surface area contributed by atoms with Gasteiger partial charge < -0.3 is 5.43 Å². The molecule has 0 bridgehead atoms. The summed E-state index contributed by atoms with van der Waals surface area (Å²) in [6, 6.07) is 1.96. The van der Waals surface area contributed by atoms with Gasteiger partial charge in [-0.05, 0) is 12.8 Å². The Balaban J connectivity index is 2.29. The average molecular weight is 276 g/mol. The summed E-state index contributed by atoms with van der Waals surface area (Å²) in [5.41, 5.74) is 3.78. The summed E-state index contributed by atoms with van der Waals surface area (Å²) in [4.78, 5) is 9.46. The van der Waals surface area contributed by atoms with Gasteiger partial charge in [0.1, 0.15) is 11.6 Å². The fourth-order valence-corrected chi connectivity index (χ4v) is 2.82. The van der Waals surface area contributed by atoms with Crippen molar-refractivity contribution >= 4 is 5.82 Å². The van der Waals surface area contributed by atoms with Gasteiger partial charge in [-0.25, -0.2) is 15.8 Å². The first kappa shape index (κ1) is 15.2. The van der Waals surface area contributed by atoms with Crippen molar-refractivity contribution < 1.29 is 0 Å². The molecule has 4 nitrogen and oxygen atoms in total. The van der Waals surface area contributed by atoms with E-state index < -0.39 is 0 Å². The van der Waals surface area contributed by atoms with E-state index in [1.807, 2.05) is 6.07 Å². The quantitative estimate of drug-likeness (QED) is 0.635. The predicted octanol–water partition coefficient (Wildman–Crippen LogP) is 3.89. The minimum absolute atomic E-state index is 0.0188. The molecule has 1 aliphatic carbocycles. The highest BCUT2D eigenvalue weighted by Gasteiger charge is 2.22. The maximum absolute atomic E-state index is 5.58. The smallest absolute Gasteiger partial charge is 0.143 e. The Labute approximate surface area is 122 Å². The van der Waals surface area contributed by atoms with E-state index in [0.29, 0.717) is 5.92 Å². The van der Waals surface area contributed by atoms with E-state index in [-0.39, 0.29) is 5.41 Å². The van der Waals surface area contributed by atoms with Crippen molar-refractivity contribution in [3.05, 3.63) is 17.6 Å². The second-order valence-corrected chi connectivity index (χ2v) is 6.93. The van der Waals surface area contributed by atoms with E-state index in [0.717, 1.165) is 17.3 Å². The van der Waals surface area contributed by atoms with Crippen LogP contribution in [0.1, 0.15) is 83.2 Å². The van der Waals surface area contributed by atoms with Gasteiger partial charge in [0.2, 0.25) is 0 Å². The average Bonchev–Trinajstić information content (AvgIpc) is 2.36. The molecule has 1 fully saturated rings. The van der Waals surface area contributed by atoms with Gasteiger partial charge in [-0.15, -0.1) is 0 Å². The van der Waals surface area contributed by atoms with Crippen LogP contribution in [0.2, 0.25) is 0 Å². The zero-order valence-electron chi connectivity index (χ0n) is 13.1. The molecule has 0 aliphatic heterocycles. The van der Waals surface area contributed by atoms with Gasteiger partial charge >= 0.3 is 0 Å². The largest absolute Gasteiger partial charge is 0.308 e. The Hall–Kier alpha value is -1.16. The minimum atomic E-state index is 0.0188. The van der Waals surface area contributed by atoms with Crippen LogP contribution in [0.15, 0.2) is 6.07 Å². The molecule has 0 spiro atoms. The molecule has 0 amide bonds. The molecule has 0 atom stereocenters. The van der Waals surface area contributed by atoms with E-state index in [2.05, 4.69) is 31.2 Å². The molecule has 0 unspecified atom stereocenters. The van der Waals surface area contributed by atoms with Crippen LogP contribution in [-0.4, -0.2) is 9.97 Å². The van der Waals surface area contributed by atoms with Crippen molar-refractivity contribution in [1.82, 2.24) is 9.97 Å². The molecule has 3 N–H and O–H groups in total. The molecule has 1 aromatic rings. The SMILES string of the molecule is CC(C)(C)c1cc(NN)nc(C2CCCCCCC2)n1. The maximum Gasteiger partial charge on any atom is 0.143 e. The van der Waals surface area contributed by atoms with E-state index in [1.54, 1.807) is 0 Å². The Morgan fingerprint density at radius 2 is 1.65 bits per heavy atom. The lowest BCUT2D eigenvalue weighted by molar-refractivity contribution is 0.438. The summed E-state index contributed by atoms with van der Waals surface area (Å²) >= 11 is 0. The third-order valence-corrected chi connectivity index (χ3v) is 4.13. The van der Waals surface area contributed by atoms with E-state index in [4.69, 9.17) is 10.8 Å². The highest BCUT2D eigenvalue weighted by Crippen LogP contribution is 2.31. The number of nitrogen functional groups attached to an aromatic ring is 1. The standard InChI is InChI=1S/C16H28N4/c1-16(2,3)13-11-14(20-17)19-15(18-13)12-9-7-5-4-6-8-10-12/h11-12H,4-10,17H2,1-3H3,(H,18,19,20). The number of hydrogen-bond donors (Lipinski definition) is 2. The predicted molar refractivity (Wildman–Crippen MR) is 83.6 cm³/mol. The van der Waals surface area contributed by atoms with Crippen LogP contribution in [-0.2, 0) is 5.41 Å². The third kappa shape index (κ3) is 3.92. The number of aromatic nitrogens is 2. The second-order valence-electron chi connectivity index (χ2n) is 6.93. The van der Waals surface area contributed by atoms with Crippen molar-refractivity contribution in [3.63, 3.8) is 0 Å². The monoisotopic (exact) mass is 276 g/mol. The van der Waals surface area contributed by atoms with Crippen LogP contribution >= 0.6 is 0 Å². The topological polar surface area (TPSA) is 63.8 Å². The van der Waals surface area contributed by atoms with Gasteiger partial charge in [0, 0.05) is 17.4 Å². The number of nitrogens with two attached hydrogens (primary N) is 1. The van der Waals surface area contributed by atoms with Crippen LogP contribution in [0.4, 0.5) is 5.82 Å². The molecular formula is C16H28N4.